The molecule has 0 fully saturated rings. The molecule has 0 spiro atoms. The van der Waals surface area contributed by atoms with Gasteiger partial charge in [-0.05, 0) is 35.4 Å². The topological polar surface area (TPSA) is 75.4 Å². The van der Waals surface area contributed by atoms with Crippen LogP contribution in [0.25, 0.3) is 0 Å². The van der Waals surface area contributed by atoms with E-state index < -0.39 is 16.3 Å². The van der Waals surface area contributed by atoms with Gasteiger partial charge in [0.05, 0.1) is 16.7 Å². The minimum absolute atomic E-state index is 0.0957. The van der Waals surface area contributed by atoms with Gasteiger partial charge in [0.15, 0.2) is 5.82 Å². The third kappa shape index (κ3) is 3.12. The highest BCUT2D eigenvalue weighted by Crippen LogP contribution is 2.25. The Bertz CT molecular complexity index is 614. The number of aliphatic hydroxyl groups is 1. The average Bonchev–Trinajstić information content (AvgIpc) is 2.91. The number of nitrogens with zero attached hydrogens (tertiary/aromatic N) is 1. The van der Waals surface area contributed by atoms with Crippen molar-refractivity contribution in [3.8, 4) is 0 Å². The molecule has 0 aliphatic carbocycles. The molecule has 2 aromatic rings. The number of halogens is 1. The number of nitro groups is 1. The highest BCUT2D eigenvalue weighted by molar-refractivity contribution is 7.08. The van der Waals surface area contributed by atoms with Crippen LogP contribution in [0.4, 0.5) is 15.8 Å². The Labute approximate surface area is 118 Å². The van der Waals surface area contributed by atoms with Gasteiger partial charge >= 0.3 is 0 Å². The van der Waals surface area contributed by atoms with Crippen LogP contribution in [0, 0.1) is 15.9 Å². The van der Waals surface area contributed by atoms with Crippen LogP contribution in [-0.4, -0.2) is 16.6 Å². The Kier molecular flexibility index (Phi) is 4.01. The summed E-state index contributed by atoms with van der Waals surface area (Å²) in [5.41, 5.74) is -0.602. The molecule has 2 N–H and O–H groups in total. The number of hydrogen-bond acceptors (Lipinski definition) is 5. The Morgan fingerprint density at radius 2 is 2.25 bits per heavy atom. The zero-order valence-electron chi connectivity index (χ0n) is 10.7. The molecule has 7 heteroatoms. The molecule has 1 aromatic heterocycles. The van der Waals surface area contributed by atoms with Crippen LogP contribution < -0.4 is 5.32 Å². The summed E-state index contributed by atoms with van der Waals surface area (Å²) in [7, 11) is 0. The first-order chi connectivity index (χ1) is 9.40. The van der Waals surface area contributed by atoms with E-state index in [9.17, 15) is 19.6 Å². The van der Waals surface area contributed by atoms with Crippen LogP contribution in [0.1, 0.15) is 12.5 Å². The fraction of sp³-hybridized carbons (Fsp3) is 0.231. The van der Waals surface area contributed by atoms with Gasteiger partial charge in [0.2, 0.25) is 0 Å². The van der Waals surface area contributed by atoms with Crippen LogP contribution in [-0.2, 0) is 5.60 Å². The van der Waals surface area contributed by atoms with Crippen molar-refractivity contribution in [1.29, 1.82) is 0 Å². The van der Waals surface area contributed by atoms with E-state index in [1.54, 1.807) is 13.0 Å². The third-order valence-corrected chi connectivity index (χ3v) is 3.61. The van der Waals surface area contributed by atoms with Gasteiger partial charge < -0.3 is 10.4 Å². The van der Waals surface area contributed by atoms with Crippen molar-refractivity contribution in [3.05, 3.63) is 56.5 Å². The van der Waals surface area contributed by atoms with Crippen molar-refractivity contribution >= 4 is 22.7 Å². The maximum atomic E-state index is 13.7. The maximum absolute atomic E-state index is 13.7. The number of rotatable bonds is 5. The number of nitro benzene ring substituents is 1. The zero-order valence-corrected chi connectivity index (χ0v) is 11.5. The standard InChI is InChI=1S/C13H13FN2O3S/c1-13(17,9-4-5-20-7-9)8-15-12-3-2-10(16(18)19)6-11(12)14/h2-7,15,17H,8H2,1H3. The first-order valence-corrected chi connectivity index (χ1v) is 6.77. The lowest BCUT2D eigenvalue weighted by Crippen LogP contribution is -2.30. The van der Waals surface area contributed by atoms with Crippen LogP contribution >= 0.6 is 11.3 Å². The minimum Gasteiger partial charge on any atom is -0.384 e. The molecular weight excluding hydrogens is 283 g/mol. The Balaban J connectivity index is 2.10. The summed E-state index contributed by atoms with van der Waals surface area (Å²) >= 11 is 1.46. The molecule has 0 radical (unpaired) electrons. The summed E-state index contributed by atoms with van der Waals surface area (Å²) in [6.07, 6.45) is 0. The van der Waals surface area contributed by atoms with E-state index in [1.807, 2.05) is 10.8 Å². The van der Waals surface area contributed by atoms with Crippen LogP contribution in [0.5, 0.6) is 0 Å². The molecule has 0 amide bonds. The lowest BCUT2D eigenvalue weighted by molar-refractivity contribution is -0.385. The lowest BCUT2D eigenvalue weighted by Gasteiger charge is -2.23. The highest BCUT2D eigenvalue weighted by atomic mass is 32.1. The molecule has 0 saturated carbocycles. The highest BCUT2D eigenvalue weighted by Gasteiger charge is 2.23. The summed E-state index contributed by atoms with van der Waals surface area (Å²) in [5, 5.41) is 27.2. The van der Waals surface area contributed by atoms with Crippen LogP contribution in [0.3, 0.4) is 0 Å². The van der Waals surface area contributed by atoms with E-state index in [2.05, 4.69) is 5.32 Å². The largest absolute Gasteiger partial charge is 0.384 e. The number of hydrogen-bond donors (Lipinski definition) is 2. The van der Waals surface area contributed by atoms with Gasteiger partial charge in [0, 0.05) is 12.6 Å². The molecule has 0 saturated heterocycles. The Morgan fingerprint density at radius 3 is 2.80 bits per heavy atom. The summed E-state index contributed by atoms with van der Waals surface area (Å²) in [4.78, 5) is 9.86. The molecule has 0 bridgehead atoms. The zero-order chi connectivity index (χ0) is 14.8. The van der Waals surface area contributed by atoms with Crippen molar-refractivity contribution < 1.29 is 14.4 Å². The van der Waals surface area contributed by atoms with Crippen LogP contribution in [0.15, 0.2) is 35.0 Å². The number of nitrogens with one attached hydrogen (secondary N) is 1. The fourth-order valence-corrected chi connectivity index (χ4v) is 2.48. The molecule has 0 aliphatic rings. The molecular formula is C13H13FN2O3S. The fourth-order valence-electron chi connectivity index (χ4n) is 1.70. The summed E-state index contributed by atoms with van der Waals surface area (Å²) < 4.78 is 13.7. The minimum atomic E-state index is -1.14. The maximum Gasteiger partial charge on any atom is 0.272 e. The SMILES string of the molecule is CC(O)(CNc1ccc([N+](=O)[O-])cc1F)c1ccsc1. The molecule has 1 aromatic carbocycles. The quantitative estimate of drug-likeness (QED) is 0.656. The second-order valence-corrected chi connectivity index (χ2v) is 5.34. The monoisotopic (exact) mass is 296 g/mol. The van der Waals surface area contributed by atoms with Crippen molar-refractivity contribution in [2.45, 2.75) is 12.5 Å². The molecule has 2 rings (SSSR count). The summed E-state index contributed by atoms with van der Waals surface area (Å²) in [6.45, 7) is 1.71. The summed E-state index contributed by atoms with van der Waals surface area (Å²) in [5.74, 6) is -0.722. The summed E-state index contributed by atoms with van der Waals surface area (Å²) in [6, 6.07) is 5.14. The molecule has 106 valence electrons. The van der Waals surface area contributed by atoms with Gasteiger partial charge in [0.1, 0.15) is 5.60 Å². The number of non-ortho nitro benzene ring substituents is 1. The molecule has 1 unspecified atom stereocenters. The van der Waals surface area contributed by atoms with Gasteiger partial charge in [-0.3, -0.25) is 10.1 Å². The smallest absolute Gasteiger partial charge is 0.272 e. The normalized spacial score (nSPS) is 13.8. The average molecular weight is 296 g/mol. The van der Waals surface area contributed by atoms with E-state index in [0.717, 1.165) is 11.6 Å². The van der Waals surface area contributed by atoms with Crippen molar-refractivity contribution in [2.75, 3.05) is 11.9 Å². The first-order valence-electron chi connectivity index (χ1n) is 5.83. The number of benzene rings is 1. The number of anilines is 1. The second-order valence-electron chi connectivity index (χ2n) is 4.56. The molecule has 1 heterocycles. The van der Waals surface area contributed by atoms with Crippen molar-refractivity contribution in [1.82, 2.24) is 0 Å². The van der Waals surface area contributed by atoms with Gasteiger partial charge in [-0.15, -0.1) is 0 Å². The van der Waals surface area contributed by atoms with Gasteiger partial charge in [0.25, 0.3) is 5.69 Å². The van der Waals surface area contributed by atoms with Crippen molar-refractivity contribution in [3.63, 3.8) is 0 Å². The first kappa shape index (κ1) is 14.4. The Morgan fingerprint density at radius 1 is 1.50 bits per heavy atom. The second kappa shape index (κ2) is 5.56. The van der Waals surface area contributed by atoms with Crippen molar-refractivity contribution in [2.24, 2.45) is 0 Å². The molecule has 5 nitrogen and oxygen atoms in total. The van der Waals surface area contributed by atoms with Gasteiger partial charge in [-0.2, -0.15) is 11.3 Å². The van der Waals surface area contributed by atoms with E-state index in [0.29, 0.717) is 0 Å². The predicted molar refractivity (Wildman–Crippen MR) is 75.4 cm³/mol. The molecule has 0 aliphatic heterocycles. The van der Waals surface area contributed by atoms with Gasteiger partial charge in [-0.25, -0.2) is 4.39 Å². The number of thiophene rings is 1. The van der Waals surface area contributed by atoms with Crippen LogP contribution in [0.2, 0.25) is 0 Å². The van der Waals surface area contributed by atoms with E-state index in [4.69, 9.17) is 0 Å². The Hall–Kier alpha value is -1.99. The molecule has 20 heavy (non-hydrogen) atoms. The molecule has 1 atom stereocenters. The van der Waals surface area contributed by atoms with E-state index in [-0.39, 0.29) is 17.9 Å². The lowest BCUT2D eigenvalue weighted by atomic mass is 9.99. The predicted octanol–water partition coefficient (Wildman–Crippen LogP) is 3.12. The third-order valence-electron chi connectivity index (χ3n) is 2.93. The van der Waals surface area contributed by atoms with E-state index in [1.165, 1.54) is 23.5 Å². The van der Waals surface area contributed by atoms with E-state index >= 15 is 0 Å². The van der Waals surface area contributed by atoms with Gasteiger partial charge in [-0.1, -0.05) is 0 Å².